The van der Waals surface area contributed by atoms with Crippen molar-refractivity contribution in [3.05, 3.63) is 89.0 Å². The number of Topliss-reactive ketones (excluding diaryl/α,β-unsaturated/α-hetero) is 1. The Bertz CT molecular complexity index is 1580. The maximum absolute atomic E-state index is 13.8. The van der Waals surface area contributed by atoms with Crippen LogP contribution in [0.2, 0.25) is 0 Å². The summed E-state index contributed by atoms with van der Waals surface area (Å²) in [5, 5.41) is 22.1. The average Bonchev–Trinajstić information content (AvgIpc) is 3.49. The van der Waals surface area contributed by atoms with Crippen molar-refractivity contribution in [1.82, 2.24) is 0 Å². The van der Waals surface area contributed by atoms with Crippen molar-refractivity contribution < 1.29 is 29.3 Å². The number of allylic oxidation sites excluding steroid dienone is 4. The minimum Gasteiger partial charge on any atom is -0.399 e. The number of anilines is 1. The predicted octanol–water partition coefficient (Wildman–Crippen LogP) is 5.04. The third-order valence-electron chi connectivity index (χ3n) is 11.4. The van der Waals surface area contributed by atoms with E-state index in [0.717, 1.165) is 35.1 Å². The second-order valence-electron chi connectivity index (χ2n) is 13.5. The number of carbonyl (C=O) groups excluding carboxylic acids is 2. The van der Waals surface area contributed by atoms with Gasteiger partial charge in [-0.05, 0) is 79.0 Å². The summed E-state index contributed by atoms with van der Waals surface area (Å²) in [6.07, 6.45) is 9.88. The Labute approximate surface area is 252 Å². The number of aliphatic hydroxyl groups excluding tert-OH is 2. The van der Waals surface area contributed by atoms with Crippen molar-refractivity contribution in [3.8, 4) is 0 Å². The molecular weight excluding hydrogens is 542 g/mol. The fourth-order valence-corrected chi connectivity index (χ4v) is 9.50. The van der Waals surface area contributed by atoms with Crippen LogP contribution in [0.1, 0.15) is 62.5 Å². The number of ketones is 2. The third kappa shape index (κ3) is 4.16. The lowest BCUT2D eigenvalue weighted by Gasteiger charge is -2.59. The van der Waals surface area contributed by atoms with Gasteiger partial charge in [0, 0.05) is 28.0 Å². The van der Waals surface area contributed by atoms with Gasteiger partial charge in [0.2, 0.25) is 0 Å². The van der Waals surface area contributed by atoms with Crippen LogP contribution in [0.15, 0.2) is 72.3 Å². The Balaban J connectivity index is 1.20. The van der Waals surface area contributed by atoms with E-state index in [-0.39, 0.29) is 29.3 Å². The van der Waals surface area contributed by atoms with Gasteiger partial charge in [-0.15, -0.1) is 0 Å². The lowest BCUT2D eigenvalue weighted by Crippen LogP contribution is -2.63. The van der Waals surface area contributed by atoms with Gasteiger partial charge in [-0.2, -0.15) is 0 Å². The molecular formula is C36H39NO6. The standard InChI is InChI=1S/C36H39NO6/c1-34-14-13-26(39)17-24(34)11-12-27-28-18-31-36(30(41)20-38,35(28,2)19-29(40)32(27)34)43-33(42-31)23-7-3-5-21(15-23)9-10-22-6-4-8-25(37)16-22/h3-10,13-17,27-29,31-33,38,40H,11-12,18-20,37H2,1-2H3/b10-9+/t27-,28-,29-,31+,32+,33+,34-,35-,36+/m0/s1. The second kappa shape index (κ2) is 10.1. The van der Waals surface area contributed by atoms with Crippen molar-refractivity contribution >= 4 is 29.4 Å². The molecule has 9 atom stereocenters. The number of hydrogen-bond donors (Lipinski definition) is 3. The van der Waals surface area contributed by atoms with Crippen molar-refractivity contribution in [1.29, 1.82) is 0 Å². The van der Waals surface area contributed by atoms with Crippen LogP contribution in [-0.4, -0.2) is 46.2 Å². The molecule has 4 N–H and O–H groups in total. The molecule has 1 aliphatic heterocycles. The van der Waals surface area contributed by atoms with Gasteiger partial charge in [-0.25, -0.2) is 0 Å². The number of benzene rings is 2. The highest BCUT2D eigenvalue weighted by molar-refractivity contribution is 6.01. The summed E-state index contributed by atoms with van der Waals surface area (Å²) in [6, 6.07) is 15.5. The lowest BCUT2D eigenvalue weighted by molar-refractivity contribution is -0.201. The monoisotopic (exact) mass is 581 g/mol. The van der Waals surface area contributed by atoms with Crippen LogP contribution in [-0.2, 0) is 19.1 Å². The van der Waals surface area contributed by atoms with Crippen molar-refractivity contribution in [2.24, 2.45) is 28.6 Å². The Hall–Kier alpha value is -3.36. The van der Waals surface area contributed by atoms with E-state index in [1.165, 1.54) is 0 Å². The van der Waals surface area contributed by atoms with Gasteiger partial charge < -0.3 is 25.4 Å². The number of nitrogen functional groups attached to an aromatic ring is 1. The van der Waals surface area contributed by atoms with Gasteiger partial charge in [0.05, 0.1) is 12.2 Å². The van der Waals surface area contributed by atoms with E-state index in [0.29, 0.717) is 18.5 Å². The largest absolute Gasteiger partial charge is 0.399 e. The maximum Gasteiger partial charge on any atom is 0.193 e. The van der Waals surface area contributed by atoms with Crippen LogP contribution < -0.4 is 5.73 Å². The van der Waals surface area contributed by atoms with Crippen molar-refractivity contribution in [2.45, 2.75) is 63.6 Å². The van der Waals surface area contributed by atoms with E-state index in [9.17, 15) is 19.8 Å². The maximum atomic E-state index is 13.8. The number of fused-ring (bicyclic) bond motifs is 7. The van der Waals surface area contributed by atoms with Gasteiger partial charge in [0.15, 0.2) is 23.5 Å². The molecule has 7 nitrogen and oxygen atoms in total. The summed E-state index contributed by atoms with van der Waals surface area (Å²) in [5.74, 6) is -0.289. The van der Waals surface area contributed by atoms with E-state index in [1.807, 2.05) is 66.8 Å². The average molecular weight is 582 g/mol. The molecule has 0 spiro atoms. The molecule has 7 heteroatoms. The van der Waals surface area contributed by atoms with Gasteiger partial charge in [0.25, 0.3) is 0 Å². The minimum atomic E-state index is -1.37. The smallest absolute Gasteiger partial charge is 0.193 e. The van der Waals surface area contributed by atoms with Crippen LogP contribution in [0.5, 0.6) is 0 Å². The first-order chi connectivity index (χ1) is 20.6. The number of aliphatic hydroxyl groups is 2. The Morgan fingerprint density at radius 1 is 1.12 bits per heavy atom. The number of carbonyl (C=O) groups is 2. The van der Waals surface area contributed by atoms with E-state index in [4.69, 9.17) is 15.2 Å². The quantitative estimate of drug-likeness (QED) is 0.334. The highest BCUT2D eigenvalue weighted by atomic mass is 16.7. The minimum absolute atomic E-state index is 0.00104. The molecule has 4 aliphatic carbocycles. The first-order valence-electron chi connectivity index (χ1n) is 15.3. The Kier molecular flexibility index (Phi) is 6.67. The molecule has 0 radical (unpaired) electrons. The van der Waals surface area contributed by atoms with Crippen LogP contribution in [0, 0.1) is 28.6 Å². The lowest BCUT2D eigenvalue weighted by atomic mass is 9.46. The molecule has 5 aliphatic rings. The predicted molar refractivity (Wildman–Crippen MR) is 163 cm³/mol. The van der Waals surface area contributed by atoms with Crippen LogP contribution >= 0.6 is 0 Å². The molecule has 2 aromatic carbocycles. The number of nitrogens with two attached hydrogens (primary N) is 1. The van der Waals surface area contributed by atoms with Crippen LogP contribution in [0.3, 0.4) is 0 Å². The fourth-order valence-electron chi connectivity index (χ4n) is 9.50. The fraction of sp³-hybridized carbons (Fsp3) is 0.444. The van der Waals surface area contributed by atoms with Gasteiger partial charge in [0.1, 0.15) is 6.61 Å². The molecule has 224 valence electrons. The zero-order valence-electron chi connectivity index (χ0n) is 24.6. The molecule has 43 heavy (non-hydrogen) atoms. The highest BCUT2D eigenvalue weighted by Crippen LogP contribution is 2.70. The van der Waals surface area contributed by atoms with E-state index in [1.54, 1.807) is 12.2 Å². The van der Waals surface area contributed by atoms with Crippen molar-refractivity contribution in [2.75, 3.05) is 12.3 Å². The summed E-state index contributed by atoms with van der Waals surface area (Å²) in [6.45, 7) is 3.53. The van der Waals surface area contributed by atoms with E-state index in [2.05, 4.69) is 13.8 Å². The van der Waals surface area contributed by atoms with Gasteiger partial charge in [-0.3, -0.25) is 9.59 Å². The molecule has 1 saturated heterocycles. The number of ether oxygens (including phenoxy) is 2. The Morgan fingerprint density at radius 2 is 1.86 bits per heavy atom. The summed E-state index contributed by atoms with van der Waals surface area (Å²) in [7, 11) is 0. The molecule has 0 amide bonds. The molecule has 3 saturated carbocycles. The first kappa shape index (κ1) is 28.4. The first-order valence-corrected chi connectivity index (χ1v) is 15.3. The number of rotatable bonds is 5. The topological polar surface area (TPSA) is 119 Å². The molecule has 7 rings (SSSR count). The molecule has 0 unspecified atom stereocenters. The Morgan fingerprint density at radius 3 is 2.60 bits per heavy atom. The number of hydrogen-bond acceptors (Lipinski definition) is 7. The molecule has 4 fully saturated rings. The molecule has 0 aromatic heterocycles. The SMILES string of the molecule is C[C@]12C=CC(=O)C=C1CC[C@@H]1[C@@H]2[C@@H](O)C[C@@]2(C)[C@H]1C[C@H]1O[C@@H](c3cccc(/C=C/c4cccc(N)c4)c3)O[C@]12C(=O)CO. The second-order valence-corrected chi connectivity index (χ2v) is 13.5. The molecule has 0 bridgehead atoms. The van der Waals surface area contributed by atoms with E-state index < -0.39 is 41.5 Å². The van der Waals surface area contributed by atoms with Gasteiger partial charge in [-0.1, -0.05) is 68.0 Å². The molecule has 1 heterocycles. The van der Waals surface area contributed by atoms with Crippen LogP contribution in [0.4, 0.5) is 5.69 Å². The zero-order chi connectivity index (χ0) is 30.1. The van der Waals surface area contributed by atoms with Gasteiger partial charge >= 0.3 is 0 Å². The summed E-state index contributed by atoms with van der Waals surface area (Å²) in [5.41, 5.74) is 7.93. The third-order valence-corrected chi connectivity index (χ3v) is 11.4. The van der Waals surface area contributed by atoms with Crippen LogP contribution in [0.25, 0.3) is 12.2 Å². The zero-order valence-corrected chi connectivity index (χ0v) is 24.6. The normalized spacial score (nSPS) is 39.6. The van der Waals surface area contributed by atoms with E-state index >= 15 is 0 Å². The highest BCUT2D eigenvalue weighted by Gasteiger charge is 2.75. The summed E-state index contributed by atoms with van der Waals surface area (Å²) < 4.78 is 13.3. The van der Waals surface area contributed by atoms with Crippen molar-refractivity contribution in [3.63, 3.8) is 0 Å². The molecule has 2 aromatic rings. The summed E-state index contributed by atoms with van der Waals surface area (Å²) >= 11 is 0. The summed E-state index contributed by atoms with van der Waals surface area (Å²) in [4.78, 5) is 26.0.